The van der Waals surface area contributed by atoms with Crippen molar-refractivity contribution in [3.63, 3.8) is 0 Å². The maximum atomic E-state index is 11.7. The van der Waals surface area contributed by atoms with Crippen LogP contribution in [0, 0.1) is 0 Å². The standard InChI is InChI=1S/C14H22N2O3S/c1-12(2)16(20(3,18)19)10-9-14(17)15-11-13-7-5-4-6-8-13/h4-8,12H,9-11H2,1-3H3,(H,15,17). The maximum Gasteiger partial charge on any atom is 0.221 e. The molecule has 1 aromatic carbocycles. The topological polar surface area (TPSA) is 66.5 Å². The van der Waals surface area contributed by atoms with E-state index in [9.17, 15) is 13.2 Å². The van der Waals surface area contributed by atoms with Gasteiger partial charge in [0.25, 0.3) is 0 Å². The second-order valence-corrected chi connectivity index (χ2v) is 6.91. The fourth-order valence-corrected chi connectivity index (χ4v) is 3.09. The van der Waals surface area contributed by atoms with Crippen LogP contribution in [0.5, 0.6) is 0 Å². The van der Waals surface area contributed by atoms with E-state index in [2.05, 4.69) is 5.32 Å². The van der Waals surface area contributed by atoms with Gasteiger partial charge in [-0.25, -0.2) is 8.42 Å². The Morgan fingerprint density at radius 2 is 1.85 bits per heavy atom. The van der Waals surface area contributed by atoms with Crippen molar-refractivity contribution in [1.82, 2.24) is 9.62 Å². The van der Waals surface area contributed by atoms with Crippen molar-refractivity contribution in [2.45, 2.75) is 32.9 Å². The third-order valence-corrected chi connectivity index (χ3v) is 4.35. The van der Waals surface area contributed by atoms with Gasteiger partial charge >= 0.3 is 0 Å². The lowest BCUT2D eigenvalue weighted by atomic mass is 10.2. The molecule has 0 saturated carbocycles. The zero-order chi connectivity index (χ0) is 15.2. The first-order valence-corrected chi connectivity index (χ1v) is 8.43. The molecule has 0 aliphatic carbocycles. The van der Waals surface area contributed by atoms with Gasteiger partial charge in [-0.1, -0.05) is 30.3 Å². The van der Waals surface area contributed by atoms with E-state index in [1.807, 2.05) is 30.3 Å². The summed E-state index contributed by atoms with van der Waals surface area (Å²) in [4.78, 5) is 11.7. The van der Waals surface area contributed by atoms with E-state index in [-0.39, 0.29) is 24.9 Å². The molecule has 1 aromatic rings. The highest BCUT2D eigenvalue weighted by atomic mass is 32.2. The van der Waals surface area contributed by atoms with Crippen molar-refractivity contribution < 1.29 is 13.2 Å². The van der Waals surface area contributed by atoms with Gasteiger partial charge in [0.2, 0.25) is 15.9 Å². The Bertz CT molecular complexity index is 527. The fourth-order valence-electron chi connectivity index (χ4n) is 1.90. The lowest BCUT2D eigenvalue weighted by molar-refractivity contribution is -0.121. The van der Waals surface area contributed by atoms with Crippen molar-refractivity contribution in [2.24, 2.45) is 0 Å². The first-order chi connectivity index (χ1) is 9.30. The normalized spacial score (nSPS) is 11.8. The average Bonchev–Trinajstić information content (AvgIpc) is 2.35. The highest BCUT2D eigenvalue weighted by Crippen LogP contribution is 2.06. The molecular formula is C14H22N2O3S. The van der Waals surface area contributed by atoms with Gasteiger partial charge in [-0.3, -0.25) is 4.79 Å². The van der Waals surface area contributed by atoms with E-state index in [4.69, 9.17) is 0 Å². The smallest absolute Gasteiger partial charge is 0.221 e. The van der Waals surface area contributed by atoms with Crippen molar-refractivity contribution in [1.29, 1.82) is 0 Å². The number of hydrogen-bond donors (Lipinski definition) is 1. The molecule has 0 bridgehead atoms. The minimum Gasteiger partial charge on any atom is -0.352 e. The molecular weight excluding hydrogens is 276 g/mol. The molecule has 0 aliphatic heterocycles. The SMILES string of the molecule is CC(C)N(CCC(=O)NCc1ccccc1)S(C)(=O)=O. The summed E-state index contributed by atoms with van der Waals surface area (Å²) in [5, 5.41) is 2.78. The molecule has 1 rings (SSSR count). The number of benzene rings is 1. The van der Waals surface area contributed by atoms with E-state index < -0.39 is 10.0 Å². The van der Waals surface area contributed by atoms with E-state index >= 15 is 0 Å². The Balaban J connectivity index is 2.43. The van der Waals surface area contributed by atoms with Crippen LogP contribution in [0.3, 0.4) is 0 Å². The van der Waals surface area contributed by atoms with E-state index in [1.165, 1.54) is 4.31 Å². The molecule has 0 unspecified atom stereocenters. The largest absolute Gasteiger partial charge is 0.352 e. The summed E-state index contributed by atoms with van der Waals surface area (Å²) in [6, 6.07) is 9.44. The summed E-state index contributed by atoms with van der Waals surface area (Å²) >= 11 is 0. The Labute approximate surface area is 121 Å². The van der Waals surface area contributed by atoms with Crippen LogP contribution in [0.15, 0.2) is 30.3 Å². The molecule has 0 spiro atoms. The molecule has 0 heterocycles. The Morgan fingerprint density at radius 3 is 2.35 bits per heavy atom. The van der Waals surface area contributed by atoms with Crippen molar-refractivity contribution in [3.8, 4) is 0 Å². The van der Waals surface area contributed by atoms with Gasteiger partial charge in [-0.15, -0.1) is 0 Å². The highest BCUT2D eigenvalue weighted by molar-refractivity contribution is 7.88. The van der Waals surface area contributed by atoms with Crippen molar-refractivity contribution in [2.75, 3.05) is 12.8 Å². The zero-order valence-corrected chi connectivity index (χ0v) is 13.0. The number of rotatable bonds is 7. The summed E-state index contributed by atoms with van der Waals surface area (Å²) < 4.78 is 24.4. The van der Waals surface area contributed by atoms with Crippen LogP contribution in [0.1, 0.15) is 25.8 Å². The van der Waals surface area contributed by atoms with E-state index in [0.717, 1.165) is 11.8 Å². The van der Waals surface area contributed by atoms with Gasteiger partial charge in [0.05, 0.1) is 6.26 Å². The van der Waals surface area contributed by atoms with Crippen LogP contribution in [0.2, 0.25) is 0 Å². The molecule has 112 valence electrons. The summed E-state index contributed by atoms with van der Waals surface area (Å²) in [6.45, 7) is 4.25. The number of nitrogens with zero attached hydrogens (tertiary/aromatic N) is 1. The first kappa shape index (κ1) is 16.7. The van der Waals surface area contributed by atoms with Gasteiger partial charge in [-0.05, 0) is 19.4 Å². The van der Waals surface area contributed by atoms with Crippen LogP contribution < -0.4 is 5.32 Å². The Kier molecular flexibility index (Phi) is 6.16. The molecule has 0 saturated heterocycles. The highest BCUT2D eigenvalue weighted by Gasteiger charge is 2.20. The fraction of sp³-hybridized carbons (Fsp3) is 0.500. The van der Waals surface area contributed by atoms with E-state index in [0.29, 0.717) is 6.54 Å². The summed E-state index contributed by atoms with van der Waals surface area (Å²) in [5.74, 6) is -0.150. The van der Waals surface area contributed by atoms with Gasteiger partial charge in [0.15, 0.2) is 0 Å². The third-order valence-electron chi connectivity index (χ3n) is 2.89. The molecule has 20 heavy (non-hydrogen) atoms. The third kappa shape index (κ3) is 5.71. The molecule has 1 amide bonds. The lowest BCUT2D eigenvalue weighted by Crippen LogP contribution is -2.39. The van der Waals surface area contributed by atoms with Crippen LogP contribution in [0.25, 0.3) is 0 Å². The number of nitrogens with one attached hydrogen (secondary N) is 1. The molecule has 0 fully saturated rings. The molecule has 1 N–H and O–H groups in total. The minimum atomic E-state index is -3.27. The second kappa shape index (κ2) is 7.40. The Morgan fingerprint density at radius 1 is 1.25 bits per heavy atom. The lowest BCUT2D eigenvalue weighted by Gasteiger charge is -2.23. The number of hydrogen-bond acceptors (Lipinski definition) is 3. The molecule has 0 aromatic heterocycles. The quantitative estimate of drug-likeness (QED) is 0.826. The number of sulfonamides is 1. The first-order valence-electron chi connectivity index (χ1n) is 6.58. The average molecular weight is 298 g/mol. The second-order valence-electron chi connectivity index (χ2n) is 4.98. The monoisotopic (exact) mass is 298 g/mol. The number of carbonyl (C=O) groups excluding carboxylic acids is 1. The van der Waals surface area contributed by atoms with Crippen LogP contribution >= 0.6 is 0 Å². The number of carbonyl (C=O) groups is 1. The van der Waals surface area contributed by atoms with Gasteiger partial charge in [0.1, 0.15) is 0 Å². The molecule has 0 atom stereocenters. The van der Waals surface area contributed by atoms with Crippen LogP contribution in [-0.2, 0) is 21.4 Å². The zero-order valence-electron chi connectivity index (χ0n) is 12.2. The van der Waals surface area contributed by atoms with Crippen LogP contribution in [0.4, 0.5) is 0 Å². The maximum absolute atomic E-state index is 11.7. The Hall–Kier alpha value is -1.40. The molecule has 0 aliphatic rings. The minimum absolute atomic E-state index is 0.146. The van der Waals surface area contributed by atoms with Gasteiger partial charge < -0.3 is 5.32 Å². The molecule has 5 nitrogen and oxygen atoms in total. The molecule has 6 heteroatoms. The van der Waals surface area contributed by atoms with Crippen molar-refractivity contribution in [3.05, 3.63) is 35.9 Å². The van der Waals surface area contributed by atoms with Gasteiger partial charge in [-0.2, -0.15) is 4.31 Å². The van der Waals surface area contributed by atoms with Crippen LogP contribution in [-0.4, -0.2) is 37.5 Å². The summed E-state index contributed by atoms with van der Waals surface area (Å²) in [6.07, 6.45) is 1.33. The number of amides is 1. The summed E-state index contributed by atoms with van der Waals surface area (Å²) in [5.41, 5.74) is 1.02. The predicted molar refractivity (Wildman–Crippen MR) is 79.6 cm³/mol. The summed E-state index contributed by atoms with van der Waals surface area (Å²) in [7, 11) is -3.27. The van der Waals surface area contributed by atoms with Crippen molar-refractivity contribution >= 4 is 15.9 Å². The van der Waals surface area contributed by atoms with Gasteiger partial charge in [0, 0.05) is 25.6 Å². The predicted octanol–water partition coefficient (Wildman–Crippen LogP) is 1.36. The van der Waals surface area contributed by atoms with E-state index in [1.54, 1.807) is 13.8 Å². The molecule has 0 radical (unpaired) electrons.